The fourth-order valence-corrected chi connectivity index (χ4v) is 6.73. The molecule has 0 atom stereocenters. The topological polar surface area (TPSA) is 82.3 Å². The van der Waals surface area contributed by atoms with Crippen molar-refractivity contribution in [2.45, 2.75) is 31.7 Å². The molecule has 5 rings (SSSR count). The second-order valence-electron chi connectivity index (χ2n) is 10.8. The summed E-state index contributed by atoms with van der Waals surface area (Å²) in [6.07, 6.45) is 6.76. The van der Waals surface area contributed by atoms with E-state index >= 15 is 0 Å². The third kappa shape index (κ3) is 5.64. The van der Waals surface area contributed by atoms with Crippen molar-refractivity contribution in [1.29, 1.82) is 0 Å². The summed E-state index contributed by atoms with van der Waals surface area (Å²) < 4.78 is 0. The summed E-state index contributed by atoms with van der Waals surface area (Å²) in [5, 5.41) is 8.43. The number of anilines is 6. The average Bonchev–Trinajstić information content (AvgIpc) is 2.85. The highest BCUT2D eigenvalue weighted by Gasteiger charge is 2.46. The van der Waals surface area contributed by atoms with Crippen molar-refractivity contribution < 1.29 is 0 Å². The lowest BCUT2D eigenvalue weighted by Gasteiger charge is -2.54. The summed E-state index contributed by atoms with van der Waals surface area (Å²) >= 11 is 6.43. The molecular weight excluding hydrogens is 501 g/mol. The molecule has 1 aliphatic carbocycles. The van der Waals surface area contributed by atoms with Crippen LogP contribution in [0.2, 0.25) is 5.02 Å². The minimum absolute atomic E-state index is 0.275. The molecule has 1 aromatic heterocycles. The van der Waals surface area contributed by atoms with Gasteiger partial charge in [-0.3, -0.25) is 0 Å². The van der Waals surface area contributed by atoms with E-state index in [2.05, 4.69) is 82.1 Å². The van der Waals surface area contributed by atoms with Crippen molar-refractivity contribution in [2.24, 2.45) is 5.41 Å². The number of nitrogens with zero attached hydrogens (tertiary/aromatic N) is 4. The zero-order chi connectivity index (χ0) is 26.2. The van der Waals surface area contributed by atoms with Gasteiger partial charge in [-0.1, -0.05) is 37.7 Å². The molecular formula is C28H37ClN7P. The molecule has 0 amide bonds. The minimum Gasteiger partial charge on any atom is -0.397 e. The van der Waals surface area contributed by atoms with Crippen LogP contribution in [0, 0.1) is 5.41 Å². The quantitative estimate of drug-likeness (QED) is 0.256. The Balaban J connectivity index is 1.25. The molecule has 0 bridgehead atoms. The lowest BCUT2D eigenvalue weighted by Crippen LogP contribution is -2.53. The molecule has 3 aromatic rings. The summed E-state index contributed by atoms with van der Waals surface area (Å²) in [7, 11) is 4.12. The van der Waals surface area contributed by atoms with Crippen molar-refractivity contribution in [3.63, 3.8) is 0 Å². The Morgan fingerprint density at radius 2 is 1.81 bits per heavy atom. The van der Waals surface area contributed by atoms with E-state index in [9.17, 15) is 0 Å². The predicted molar refractivity (Wildman–Crippen MR) is 160 cm³/mol. The second-order valence-corrected chi connectivity index (χ2v) is 13.5. The largest absolute Gasteiger partial charge is 0.397 e. The van der Waals surface area contributed by atoms with Crippen molar-refractivity contribution in [3.8, 4) is 0 Å². The van der Waals surface area contributed by atoms with Crippen LogP contribution >= 0.6 is 19.5 Å². The van der Waals surface area contributed by atoms with Gasteiger partial charge in [0, 0.05) is 30.5 Å². The number of aromatic nitrogens is 2. The second kappa shape index (κ2) is 10.6. The number of nitrogen functional groups attached to an aromatic ring is 1. The number of piperidine rings is 1. The monoisotopic (exact) mass is 537 g/mol. The molecule has 0 radical (unpaired) electrons. The Morgan fingerprint density at radius 3 is 2.49 bits per heavy atom. The van der Waals surface area contributed by atoms with Gasteiger partial charge in [0.25, 0.3) is 0 Å². The molecule has 4 N–H and O–H groups in total. The van der Waals surface area contributed by atoms with Crippen molar-refractivity contribution >= 4 is 59.3 Å². The summed E-state index contributed by atoms with van der Waals surface area (Å²) in [4.78, 5) is 13.8. The van der Waals surface area contributed by atoms with Gasteiger partial charge < -0.3 is 26.2 Å². The van der Waals surface area contributed by atoms with Crippen molar-refractivity contribution in [1.82, 2.24) is 14.9 Å². The molecule has 2 aliphatic rings. The van der Waals surface area contributed by atoms with Crippen molar-refractivity contribution in [2.75, 3.05) is 61.8 Å². The first-order chi connectivity index (χ1) is 17.7. The molecule has 196 valence electrons. The summed E-state index contributed by atoms with van der Waals surface area (Å²) in [5.74, 6) is 1.04. The maximum Gasteiger partial charge on any atom is 0.229 e. The SMILES string of the molecule is CN(C)C1CC2(CCN(c3ccc(Nc4ncc(Cl)c(Nc5ccccc5P(C)C)n4)cc3N)CC2)C1. The molecule has 2 fully saturated rings. The maximum absolute atomic E-state index is 6.52. The first-order valence-electron chi connectivity index (χ1n) is 12.9. The number of halogens is 1. The highest BCUT2D eigenvalue weighted by Crippen LogP contribution is 2.51. The van der Waals surface area contributed by atoms with Gasteiger partial charge in [-0.15, -0.1) is 0 Å². The van der Waals surface area contributed by atoms with Crippen LogP contribution in [0.25, 0.3) is 0 Å². The first-order valence-corrected chi connectivity index (χ1v) is 15.5. The molecule has 2 heterocycles. The fraction of sp³-hybridized carbons (Fsp3) is 0.429. The molecule has 1 saturated heterocycles. The molecule has 1 saturated carbocycles. The molecule has 1 spiro atoms. The Labute approximate surface area is 226 Å². The summed E-state index contributed by atoms with van der Waals surface area (Å²) in [5.41, 5.74) is 10.8. The Morgan fingerprint density at radius 1 is 1.08 bits per heavy atom. The van der Waals surface area contributed by atoms with Gasteiger partial charge in [-0.05, 0) is 88.1 Å². The number of para-hydroxylation sites is 1. The van der Waals surface area contributed by atoms with Crippen molar-refractivity contribution in [3.05, 3.63) is 53.7 Å². The van der Waals surface area contributed by atoms with Crippen LogP contribution in [0.15, 0.2) is 48.7 Å². The number of hydrogen-bond donors (Lipinski definition) is 3. The molecule has 0 unspecified atom stereocenters. The van der Waals surface area contributed by atoms with Crippen LogP contribution in [-0.4, -0.2) is 61.4 Å². The average molecular weight is 538 g/mol. The van der Waals surface area contributed by atoms with E-state index in [1.807, 2.05) is 18.2 Å². The van der Waals surface area contributed by atoms with Gasteiger partial charge in [-0.2, -0.15) is 4.98 Å². The highest BCUT2D eigenvalue weighted by atomic mass is 35.5. The Bertz CT molecular complexity index is 1250. The highest BCUT2D eigenvalue weighted by molar-refractivity contribution is 7.64. The lowest BCUT2D eigenvalue weighted by molar-refractivity contribution is 0.00492. The fourth-order valence-electron chi connectivity index (χ4n) is 5.60. The van der Waals surface area contributed by atoms with Crippen LogP contribution in [-0.2, 0) is 0 Å². The molecule has 37 heavy (non-hydrogen) atoms. The Hall–Kier alpha value is -2.60. The van der Waals surface area contributed by atoms with E-state index in [-0.39, 0.29) is 7.92 Å². The van der Waals surface area contributed by atoms with Gasteiger partial charge in [0.15, 0.2) is 5.82 Å². The van der Waals surface area contributed by atoms with Crippen LogP contribution in [0.4, 0.5) is 34.5 Å². The third-order valence-electron chi connectivity index (χ3n) is 7.90. The number of nitrogens with one attached hydrogen (secondary N) is 2. The summed E-state index contributed by atoms with van der Waals surface area (Å²) in [6.45, 7) is 6.58. The van der Waals surface area contributed by atoms with E-state index in [1.165, 1.54) is 31.0 Å². The zero-order valence-electron chi connectivity index (χ0n) is 22.1. The first kappa shape index (κ1) is 26.0. The number of nitrogens with two attached hydrogens (primary N) is 1. The minimum atomic E-state index is -0.275. The van der Waals surface area contributed by atoms with Gasteiger partial charge in [0.05, 0.1) is 17.6 Å². The van der Waals surface area contributed by atoms with E-state index < -0.39 is 0 Å². The predicted octanol–water partition coefficient (Wildman–Crippen LogP) is 5.88. The lowest BCUT2D eigenvalue weighted by atomic mass is 9.60. The van der Waals surface area contributed by atoms with E-state index in [0.29, 0.717) is 22.2 Å². The van der Waals surface area contributed by atoms with Gasteiger partial charge in [0.2, 0.25) is 5.95 Å². The third-order valence-corrected chi connectivity index (χ3v) is 9.53. The maximum atomic E-state index is 6.52. The van der Waals surface area contributed by atoms with Crippen LogP contribution in [0.5, 0.6) is 0 Å². The number of hydrogen-bond acceptors (Lipinski definition) is 7. The molecule has 1 aliphatic heterocycles. The van der Waals surface area contributed by atoms with E-state index in [0.717, 1.165) is 41.9 Å². The summed E-state index contributed by atoms with van der Waals surface area (Å²) in [6, 6.07) is 15.1. The van der Waals surface area contributed by atoms with Crippen LogP contribution in [0.1, 0.15) is 25.7 Å². The smallest absolute Gasteiger partial charge is 0.229 e. The van der Waals surface area contributed by atoms with Gasteiger partial charge in [-0.25, -0.2) is 4.98 Å². The van der Waals surface area contributed by atoms with Crippen LogP contribution in [0.3, 0.4) is 0 Å². The van der Waals surface area contributed by atoms with Gasteiger partial charge >= 0.3 is 0 Å². The number of benzene rings is 2. The zero-order valence-corrected chi connectivity index (χ0v) is 23.8. The van der Waals surface area contributed by atoms with E-state index in [1.54, 1.807) is 6.20 Å². The standard InChI is InChI=1S/C28H37ClN7P/c1-35(2)20-16-28(17-20)11-13-36(14-12-28)24-10-9-19(15-22(24)30)32-27-31-18-21(29)26(34-27)33-23-7-5-6-8-25(23)37(3)4/h5-10,15,18,20H,11-14,16-17,30H2,1-4H3,(H2,31,32,33,34). The van der Waals surface area contributed by atoms with Crippen LogP contribution < -0.4 is 26.6 Å². The molecule has 2 aromatic carbocycles. The molecule has 9 heteroatoms. The number of rotatable bonds is 7. The van der Waals surface area contributed by atoms with E-state index in [4.69, 9.17) is 17.3 Å². The van der Waals surface area contributed by atoms with Gasteiger partial charge in [0.1, 0.15) is 5.02 Å². The molecule has 7 nitrogen and oxygen atoms in total. The normalized spacial score (nSPS) is 17.3. The Kier molecular flexibility index (Phi) is 7.49.